The molecule has 0 N–H and O–H groups in total. The first-order valence-corrected chi connectivity index (χ1v) is 14.1. The molecule has 0 aliphatic rings. The number of hydrogen-bond donors (Lipinski definition) is 0. The normalized spacial score (nSPS) is 9.55. The number of hydrogen-bond acceptors (Lipinski definition) is 2. The summed E-state index contributed by atoms with van der Waals surface area (Å²) in [6.07, 6.45) is 3.51. The van der Waals surface area contributed by atoms with Gasteiger partial charge in [-0.1, -0.05) is 83.8 Å². The van der Waals surface area contributed by atoms with Crippen molar-refractivity contribution in [3.63, 3.8) is 0 Å². The van der Waals surface area contributed by atoms with Crippen LogP contribution >= 0.6 is 0 Å². The average molecular weight is 557 g/mol. The Balaban J connectivity index is 1.12. The van der Waals surface area contributed by atoms with Gasteiger partial charge in [-0.3, -0.25) is 9.97 Å². The molecule has 0 unspecified atom stereocenters. The highest BCUT2D eigenvalue weighted by atomic mass is 14.8. The Morgan fingerprint density at radius 1 is 0.273 bits per heavy atom. The van der Waals surface area contributed by atoms with Gasteiger partial charge in [-0.2, -0.15) is 0 Å². The maximum atomic E-state index is 4.52. The fourth-order valence-corrected chi connectivity index (χ4v) is 4.19. The van der Waals surface area contributed by atoms with E-state index in [4.69, 9.17) is 0 Å². The van der Waals surface area contributed by atoms with Crippen molar-refractivity contribution in [2.75, 3.05) is 0 Å². The summed E-state index contributed by atoms with van der Waals surface area (Å²) < 4.78 is 0. The first-order chi connectivity index (χ1) is 21.8. The predicted molar refractivity (Wildman–Crippen MR) is 177 cm³/mol. The summed E-state index contributed by atoms with van der Waals surface area (Å²) in [6.45, 7) is 0. The molecular formula is C42H24N2. The molecule has 0 bridgehead atoms. The molecular weight excluding hydrogens is 532 g/mol. The van der Waals surface area contributed by atoms with E-state index in [1.165, 1.54) is 0 Å². The Morgan fingerprint density at radius 2 is 0.545 bits per heavy atom. The molecule has 44 heavy (non-hydrogen) atoms. The van der Waals surface area contributed by atoms with Crippen LogP contribution in [0.1, 0.15) is 44.5 Å². The minimum absolute atomic E-state index is 0.744. The lowest BCUT2D eigenvalue weighted by atomic mass is 10.1. The van der Waals surface area contributed by atoms with Gasteiger partial charge < -0.3 is 0 Å². The fourth-order valence-electron chi connectivity index (χ4n) is 4.19. The van der Waals surface area contributed by atoms with E-state index in [9.17, 15) is 0 Å². The second-order valence-corrected chi connectivity index (χ2v) is 9.75. The highest BCUT2D eigenvalue weighted by molar-refractivity contribution is 5.60. The summed E-state index contributed by atoms with van der Waals surface area (Å²) in [4.78, 5) is 9.05. The lowest BCUT2D eigenvalue weighted by Gasteiger charge is -2.01. The Hall–Kier alpha value is -6.58. The van der Waals surface area contributed by atoms with Crippen LogP contribution in [0.2, 0.25) is 0 Å². The largest absolute Gasteiger partial charge is 0.255 e. The van der Waals surface area contributed by atoms with Crippen LogP contribution in [-0.2, 0) is 0 Å². The fraction of sp³-hybridized carbons (Fsp3) is 0. The summed E-state index contributed by atoms with van der Waals surface area (Å²) in [5.41, 5.74) is 8.92. The summed E-state index contributed by atoms with van der Waals surface area (Å²) in [5.74, 6) is 25.7. The van der Waals surface area contributed by atoms with Gasteiger partial charge in [0.1, 0.15) is 0 Å². The highest BCUT2D eigenvalue weighted by Crippen LogP contribution is 2.16. The van der Waals surface area contributed by atoms with Crippen LogP contribution in [0, 0.1) is 47.4 Å². The molecule has 2 nitrogen and oxygen atoms in total. The first kappa shape index (κ1) is 27.6. The second kappa shape index (κ2) is 13.9. The lowest BCUT2D eigenvalue weighted by Crippen LogP contribution is -1.89. The highest BCUT2D eigenvalue weighted by Gasteiger charge is 2.03. The molecule has 0 radical (unpaired) electrons. The Bertz CT molecular complexity index is 1990. The average Bonchev–Trinajstić information content (AvgIpc) is 3.10. The van der Waals surface area contributed by atoms with Crippen LogP contribution in [0.15, 0.2) is 146 Å². The van der Waals surface area contributed by atoms with E-state index in [0.717, 1.165) is 55.9 Å². The Kier molecular flexibility index (Phi) is 8.69. The minimum atomic E-state index is 0.744. The van der Waals surface area contributed by atoms with Crippen molar-refractivity contribution in [1.29, 1.82) is 0 Å². The second-order valence-electron chi connectivity index (χ2n) is 9.75. The minimum Gasteiger partial charge on any atom is -0.255 e. The monoisotopic (exact) mass is 556 g/mol. The van der Waals surface area contributed by atoms with Crippen molar-refractivity contribution < 1.29 is 0 Å². The van der Waals surface area contributed by atoms with Gasteiger partial charge in [-0.05, 0) is 97.1 Å². The van der Waals surface area contributed by atoms with Crippen LogP contribution in [-0.4, -0.2) is 9.97 Å². The lowest BCUT2D eigenvalue weighted by molar-refractivity contribution is 1.24. The third kappa shape index (κ3) is 7.78. The molecule has 0 spiro atoms. The number of pyridine rings is 2. The molecule has 0 amide bonds. The molecule has 0 atom stereocenters. The predicted octanol–water partition coefficient (Wildman–Crippen LogP) is 7.74. The van der Waals surface area contributed by atoms with Crippen molar-refractivity contribution in [2.24, 2.45) is 0 Å². The van der Waals surface area contributed by atoms with E-state index >= 15 is 0 Å². The van der Waals surface area contributed by atoms with Gasteiger partial charge >= 0.3 is 0 Å². The first-order valence-electron chi connectivity index (χ1n) is 14.1. The molecule has 2 heterocycles. The van der Waals surface area contributed by atoms with Gasteiger partial charge in [0.25, 0.3) is 0 Å². The smallest absolute Gasteiger partial charge is 0.0898 e. The van der Waals surface area contributed by atoms with Gasteiger partial charge in [-0.15, -0.1) is 0 Å². The van der Waals surface area contributed by atoms with Crippen molar-refractivity contribution in [3.8, 4) is 58.8 Å². The van der Waals surface area contributed by atoms with Gasteiger partial charge in [0.15, 0.2) is 0 Å². The maximum absolute atomic E-state index is 4.52. The zero-order chi connectivity index (χ0) is 29.8. The van der Waals surface area contributed by atoms with Gasteiger partial charge in [0.2, 0.25) is 0 Å². The SMILES string of the molecule is C(#Cc1ccc(C#Cc2ccnc(-c3cc(C#Cc4ccc(C#Cc5ccccc5)cc4)ccn3)c2)cc1)c1ccccc1. The summed E-state index contributed by atoms with van der Waals surface area (Å²) >= 11 is 0. The molecule has 6 rings (SSSR count). The topological polar surface area (TPSA) is 25.8 Å². The van der Waals surface area contributed by atoms with Crippen molar-refractivity contribution in [1.82, 2.24) is 9.97 Å². The van der Waals surface area contributed by atoms with E-state index in [-0.39, 0.29) is 0 Å². The summed E-state index contributed by atoms with van der Waals surface area (Å²) in [6, 6.07) is 43.5. The van der Waals surface area contributed by atoms with Crippen LogP contribution in [0.5, 0.6) is 0 Å². The Labute approximate surface area is 258 Å². The third-order valence-electron chi connectivity index (χ3n) is 6.50. The van der Waals surface area contributed by atoms with E-state index in [1.807, 2.05) is 133 Å². The molecule has 0 saturated heterocycles. The third-order valence-corrected chi connectivity index (χ3v) is 6.50. The van der Waals surface area contributed by atoms with Crippen LogP contribution < -0.4 is 0 Å². The zero-order valence-electron chi connectivity index (χ0n) is 23.8. The molecule has 0 fully saturated rings. The van der Waals surface area contributed by atoms with Crippen LogP contribution in [0.4, 0.5) is 0 Å². The van der Waals surface area contributed by atoms with Crippen molar-refractivity contribution in [3.05, 3.63) is 190 Å². The van der Waals surface area contributed by atoms with Gasteiger partial charge in [0, 0.05) is 56.9 Å². The van der Waals surface area contributed by atoms with Crippen molar-refractivity contribution >= 4 is 0 Å². The molecule has 4 aromatic carbocycles. The van der Waals surface area contributed by atoms with Gasteiger partial charge in [-0.25, -0.2) is 0 Å². The molecule has 2 heteroatoms. The molecule has 2 aromatic heterocycles. The number of rotatable bonds is 1. The van der Waals surface area contributed by atoms with Crippen molar-refractivity contribution in [2.45, 2.75) is 0 Å². The standard InChI is InChI=1S/C42H24N2/c1-3-7-33(8-4-1)11-13-35-15-19-37(20-16-35)23-25-39-27-29-43-41(31-39)42-32-40(28-30-44-42)26-24-38-21-17-36(18-22-38)14-12-34-9-5-2-6-10-34/h1-10,15-22,27-32H. The van der Waals surface area contributed by atoms with E-state index < -0.39 is 0 Å². The Morgan fingerprint density at radius 3 is 0.864 bits per heavy atom. The maximum Gasteiger partial charge on any atom is 0.0898 e. The van der Waals surface area contributed by atoms with E-state index in [2.05, 4.69) is 57.3 Å². The molecule has 202 valence electrons. The molecule has 0 saturated carbocycles. The molecule has 0 aliphatic heterocycles. The number of aromatic nitrogens is 2. The summed E-state index contributed by atoms with van der Waals surface area (Å²) in [7, 11) is 0. The molecule has 6 aromatic rings. The number of benzene rings is 4. The number of nitrogens with zero attached hydrogens (tertiary/aromatic N) is 2. The van der Waals surface area contributed by atoms with Crippen LogP contribution in [0.25, 0.3) is 11.4 Å². The van der Waals surface area contributed by atoms with E-state index in [0.29, 0.717) is 0 Å². The quantitative estimate of drug-likeness (QED) is 0.194. The zero-order valence-corrected chi connectivity index (χ0v) is 23.8. The van der Waals surface area contributed by atoms with E-state index in [1.54, 1.807) is 12.4 Å². The molecule has 0 aliphatic carbocycles. The van der Waals surface area contributed by atoms with Gasteiger partial charge in [0.05, 0.1) is 11.4 Å². The summed E-state index contributed by atoms with van der Waals surface area (Å²) in [5, 5.41) is 0. The van der Waals surface area contributed by atoms with Crippen LogP contribution in [0.3, 0.4) is 0 Å².